The monoisotopic (exact) mass is 575 g/mol. The van der Waals surface area contributed by atoms with Crippen LogP contribution in [0.1, 0.15) is 55.4 Å². The number of carbonyl (C=O) groups is 2. The normalized spacial score (nSPS) is 5.89. The predicted molar refractivity (Wildman–Crippen MR) is 174 cm³/mol. The van der Waals surface area contributed by atoms with E-state index in [0.29, 0.717) is 19.4 Å². The molecule has 14 heteroatoms. The van der Waals surface area contributed by atoms with Crippen LogP contribution in [-0.4, -0.2) is 74.5 Å². The molecule has 11 nitrogen and oxygen atoms in total. The van der Waals surface area contributed by atoms with Crippen molar-refractivity contribution in [3.63, 3.8) is 0 Å². The van der Waals surface area contributed by atoms with Gasteiger partial charge in [0.2, 0.25) is 11.8 Å². The number of aryl methyl sites for hydroxylation is 1. The Morgan fingerprint density at radius 3 is 1.33 bits per heavy atom. The summed E-state index contributed by atoms with van der Waals surface area (Å²) in [5.74, 6) is 0.185. The fourth-order valence-electron chi connectivity index (χ4n) is 0.818. The number of carbonyl (C=O) groups excluding carboxylic acids is 2. The maximum Gasteiger partial charge on any atom is 0.219 e. The topological polar surface area (TPSA) is 164 Å². The van der Waals surface area contributed by atoms with Crippen molar-refractivity contribution in [1.29, 1.82) is 0 Å². The van der Waals surface area contributed by atoms with Crippen LogP contribution in [-0.2, 0) is 16.1 Å². The number of hydrogen-bond acceptors (Lipinski definition) is 6. The van der Waals surface area contributed by atoms with Crippen LogP contribution in [0.4, 0.5) is 0 Å². The molecule has 220 valence electrons. The number of nitrogens with one attached hydrogen (secondary N) is 2. The molecule has 0 aliphatic rings. The summed E-state index contributed by atoms with van der Waals surface area (Å²) in [6.45, 7) is 14.7. The Hall–Kier alpha value is -1.80. The third-order valence-corrected chi connectivity index (χ3v) is 2.20. The number of aromatic nitrogens is 3. The number of hydrogen-bond donors (Lipinski definition) is 3. The van der Waals surface area contributed by atoms with Gasteiger partial charge in [-0.2, -0.15) is 0 Å². The Kier molecular flexibility index (Phi) is 167. The summed E-state index contributed by atoms with van der Waals surface area (Å²) < 4.78 is 1.76. The first-order valence-corrected chi connectivity index (χ1v) is 13.8. The Bertz CT molecular complexity index is 472. The summed E-state index contributed by atoms with van der Waals surface area (Å²) in [7, 11) is 12.0. The molecule has 2 amide bonds. The van der Waals surface area contributed by atoms with Crippen LogP contribution in [0.3, 0.4) is 0 Å². The van der Waals surface area contributed by atoms with E-state index in [-0.39, 0.29) is 26.7 Å². The first-order chi connectivity index (χ1) is 16.5. The quantitative estimate of drug-likeness (QED) is 0.158. The van der Waals surface area contributed by atoms with E-state index < -0.39 is 0 Å². The standard InChI is InChI=1S/C4H7N3.2C4H9NO.C2H5N3.C2H2.CH5N.3CH5P.2CH4/c1-2-7-4-3-5-6-7;2*1-3-4(6)5-2;1-2-4-5-3;5*1-2;;/h3-4H,2H2,1H3;2*3H2,1-2H3,(H,5,6);2H2,1H3;1-2H;4*2H2,1H3;2*1H4. The minimum Gasteiger partial charge on any atom is -0.359 e. The smallest absolute Gasteiger partial charge is 0.219 e. The number of terminal acetylenes is 1. The highest BCUT2D eigenvalue weighted by atomic mass is 31.0. The Morgan fingerprint density at radius 1 is 0.944 bits per heavy atom. The lowest BCUT2D eigenvalue weighted by Crippen LogP contribution is -2.15. The lowest BCUT2D eigenvalue weighted by Gasteiger charge is -1.87. The molecule has 0 fully saturated rings. The van der Waals surface area contributed by atoms with Crippen LogP contribution in [0, 0.1) is 12.8 Å². The van der Waals surface area contributed by atoms with Crippen LogP contribution in [0.25, 0.3) is 10.4 Å². The van der Waals surface area contributed by atoms with Crippen molar-refractivity contribution in [3.8, 4) is 12.8 Å². The Labute approximate surface area is 230 Å². The molecule has 1 aromatic heterocycles. The number of azide groups is 1. The molecule has 0 saturated carbocycles. The fraction of sp³-hybridized carbons (Fsp3) is 0.727. The highest BCUT2D eigenvalue weighted by Crippen LogP contribution is 1.75. The highest BCUT2D eigenvalue weighted by molar-refractivity contribution is 7.15. The summed E-state index contributed by atoms with van der Waals surface area (Å²) in [5.41, 5.74) is 12.0. The number of amides is 2. The van der Waals surface area contributed by atoms with Gasteiger partial charge in [-0.3, -0.25) is 14.3 Å². The van der Waals surface area contributed by atoms with E-state index in [1.807, 2.05) is 47.0 Å². The molecule has 1 rings (SSSR count). The molecule has 0 aromatic carbocycles. The minimum absolute atomic E-state index is 0. The molecular formula is C22H60N9O2P3. The lowest BCUT2D eigenvalue weighted by atomic mass is 10.5. The fourth-order valence-corrected chi connectivity index (χ4v) is 0.818. The van der Waals surface area contributed by atoms with E-state index in [2.05, 4.69) is 77.3 Å². The SMILES string of the molecule is C.C.C#C.CCC(=O)NC.CCC(=O)NC.CCN=[N+]=[N-].CCn1ccnn1.CN.CP.CP.CP. The van der Waals surface area contributed by atoms with E-state index in [0.717, 1.165) is 6.54 Å². The summed E-state index contributed by atoms with van der Waals surface area (Å²) in [6, 6.07) is 0. The van der Waals surface area contributed by atoms with Crippen molar-refractivity contribution < 1.29 is 9.59 Å². The highest BCUT2D eigenvalue weighted by Gasteiger charge is 1.85. The largest absolute Gasteiger partial charge is 0.359 e. The van der Waals surface area contributed by atoms with Crippen LogP contribution in [0.15, 0.2) is 17.5 Å². The molecule has 36 heavy (non-hydrogen) atoms. The summed E-state index contributed by atoms with van der Waals surface area (Å²) in [6.07, 6.45) is 12.7. The van der Waals surface area contributed by atoms with Crippen molar-refractivity contribution in [3.05, 3.63) is 22.8 Å². The number of nitrogens with two attached hydrogens (primary N) is 1. The summed E-state index contributed by atoms with van der Waals surface area (Å²) in [5, 5.41) is 15.4. The molecule has 0 aliphatic heterocycles. The van der Waals surface area contributed by atoms with Gasteiger partial charge < -0.3 is 16.4 Å². The molecule has 4 N–H and O–H groups in total. The number of rotatable bonds is 4. The van der Waals surface area contributed by atoms with Crippen molar-refractivity contribution in [2.45, 2.75) is 61.9 Å². The van der Waals surface area contributed by atoms with Crippen LogP contribution in [0.2, 0.25) is 0 Å². The zero-order valence-corrected chi connectivity index (χ0v) is 26.4. The third-order valence-electron chi connectivity index (χ3n) is 2.20. The van der Waals surface area contributed by atoms with Gasteiger partial charge in [0.05, 0.1) is 6.20 Å². The zero-order valence-electron chi connectivity index (χ0n) is 22.9. The van der Waals surface area contributed by atoms with Gasteiger partial charge in [0.25, 0.3) is 0 Å². The molecule has 0 radical (unpaired) electrons. The van der Waals surface area contributed by atoms with Crippen LogP contribution >= 0.6 is 27.7 Å². The molecule has 0 saturated heterocycles. The minimum atomic E-state index is 0. The van der Waals surface area contributed by atoms with E-state index in [9.17, 15) is 9.59 Å². The van der Waals surface area contributed by atoms with E-state index in [1.54, 1.807) is 31.9 Å². The maximum absolute atomic E-state index is 10.1. The van der Waals surface area contributed by atoms with E-state index >= 15 is 0 Å². The van der Waals surface area contributed by atoms with Crippen molar-refractivity contribution in [1.82, 2.24) is 25.6 Å². The van der Waals surface area contributed by atoms with Gasteiger partial charge in [0.1, 0.15) is 0 Å². The average molecular weight is 576 g/mol. The van der Waals surface area contributed by atoms with Gasteiger partial charge in [-0.1, -0.05) is 65.9 Å². The maximum atomic E-state index is 10.1. The van der Waals surface area contributed by atoms with Crippen LogP contribution < -0.4 is 16.4 Å². The lowest BCUT2D eigenvalue weighted by molar-refractivity contribution is -0.121. The van der Waals surface area contributed by atoms with Gasteiger partial charge in [-0.05, 0) is 19.5 Å². The zero-order chi connectivity index (χ0) is 29.2. The second kappa shape index (κ2) is 93.4. The average Bonchev–Trinajstić information content (AvgIpc) is 3.49. The molecule has 0 bridgehead atoms. The Morgan fingerprint density at radius 2 is 1.28 bits per heavy atom. The third kappa shape index (κ3) is 106. The van der Waals surface area contributed by atoms with Crippen LogP contribution in [0.5, 0.6) is 0 Å². The van der Waals surface area contributed by atoms with Crippen molar-refractivity contribution >= 4 is 39.5 Å². The van der Waals surface area contributed by atoms with E-state index in [1.165, 1.54) is 7.05 Å². The number of nitrogens with zero attached hydrogens (tertiary/aromatic N) is 6. The molecule has 1 aromatic rings. The molecule has 3 atom stereocenters. The first kappa shape index (κ1) is 64.4. The van der Waals surface area contributed by atoms with Crippen molar-refractivity contribution in [2.75, 3.05) is 47.7 Å². The first-order valence-electron chi connectivity index (χ1n) is 10.4. The molecule has 1 heterocycles. The second-order valence-corrected chi connectivity index (χ2v) is 3.86. The van der Waals surface area contributed by atoms with E-state index in [4.69, 9.17) is 5.53 Å². The molecular weight excluding hydrogens is 515 g/mol. The molecule has 0 aliphatic carbocycles. The molecule has 3 unspecified atom stereocenters. The van der Waals surface area contributed by atoms with Gasteiger partial charge in [0.15, 0.2) is 0 Å². The van der Waals surface area contributed by atoms with Gasteiger partial charge >= 0.3 is 0 Å². The van der Waals surface area contributed by atoms with Gasteiger partial charge in [0, 0.05) is 51.1 Å². The predicted octanol–water partition coefficient (Wildman–Crippen LogP) is 4.47. The summed E-state index contributed by atoms with van der Waals surface area (Å²) >= 11 is 0. The second-order valence-electron chi connectivity index (χ2n) is 3.86. The molecule has 0 spiro atoms. The Balaban J connectivity index is -0.0000000277. The van der Waals surface area contributed by atoms with Gasteiger partial charge in [-0.15, -0.1) is 45.7 Å². The summed E-state index contributed by atoms with van der Waals surface area (Å²) in [4.78, 5) is 22.6. The van der Waals surface area contributed by atoms with Gasteiger partial charge in [-0.25, -0.2) is 0 Å². The van der Waals surface area contributed by atoms with Crippen molar-refractivity contribution in [2.24, 2.45) is 10.8 Å².